The quantitative estimate of drug-likeness (QED) is 0.868. The molecule has 1 aromatic carbocycles. The maximum Gasteiger partial charge on any atom is 0.416 e. The molecule has 0 spiro atoms. The molecule has 0 fully saturated rings. The summed E-state index contributed by atoms with van der Waals surface area (Å²) in [4.78, 5) is 21.1. The first kappa shape index (κ1) is 15.2. The van der Waals surface area contributed by atoms with Crippen molar-refractivity contribution in [1.29, 1.82) is 0 Å². The second-order valence-electron chi connectivity index (χ2n) is 3.37. The number of nitrogens with one attached hydrogen (secondary N) is 1. The van der Waals surface area contributed by atoms with Crippen LogP contribution < -0.4 is 10.1 Å². The third-order valence-corrected chi connectivity index (χ3v) is 2.34. The van der Waals surface area contributed by atoms with Gasteiger partial charge in [-0.05, 0) is 12.1 Å². The predicted molar refractivity (Wildman–Crippen MR) is 62.3 cm³/mol. The Bertz CT molecular complexity index is 506. The van der Waals surface area contributed by atoms with E-state index in [1.807, 2.05) is 0 Å². The molecule has 0 aliphatic carbocycles. The third kappa shape index (κ3) is 3.82. The number of carbonyl (C=O) groups is 1. The molecule has 0 radical (unpaired) electrons. The van der Waals surface area contributed by atoms with Gasteiger partial charge in [-0.1, -0.05) is 16.8 Å². The largest absolute Gasteiger partial charge is 0.493 e. The minimum absolute atomic E-state index is 0.131. The average molecular weight is 297 g/mol. The van der Waals surface area contributed by atoms with Crippen LogP contribution in [-0.4, -0.2) is 19.6 Å². The molecule has 0 bridgehead atoms. The summed E-state index contributed by atoms with van der Waals surface area (Å²) < 4.78 is 42.6. The van der Waals surface area contributed by atoms with Crippen LogP contribution in [-0.2, 0) is 11.0 Å². The van der Waals surface area contributed by atoms with Gasteiger partial charge in [0.1, 0.15) is 0 Å². The van der Waals surface area contributed by atoms with Gasteiger partial charge in [-0.15, -0.1) is 0 Å². The molecule has 1 amide bonds. The first-order valence-corrected chi connectivity index (χ1v) is 5.21. The molecule has 5 nitrogen and oxygen atoms in total. The highest BCUT2D eigenvalue weighted by Gasteiger charge is 2.32. The van der Waals surface area contributed by atoms with E-state index in [-0.39, 0.29) is 16.5 Å². The highest BCUT2D eigenvalue weighted by atomic mass is 35.5. The topological polar surface area (TPSA) is 67.8 Å². The Labute approximate surface area is 110 Å². The molecule has 0 saturated carbocycles. The number of hydrogen-bond acceptors (Lipinski definition) is 4. The second-order valence-corrected chi connectivity index (χ2v) is 3.78. The smallest absolute Gasteiger partial charge is 0.416 e. The first-order chi connectivity index (χ1) is 8.79. The SMILES string of the molecule is COc1c(Cl)cc(C(F)(F)F)cc1NC(=O)CN=O. The lowest BCUT2D eigenvalue weighted by Gasteiger charge is -2.14. The van der Waals surface area contributed by atoms with E-state index < -0.39 is 24.2 Å². The van der Waals surface area contributed by atoms with E-state index in [0.29, 0.717) is 12.1 Å². The number of carbonyl (C=O) groups excluding carboxylic acids is 1. The number of nitroso groups, excluding NO2 is 1. The van der Waals surface area contributed by atoms with Gasteiger partial charge in [0, 0.05) is 0 Å². The van der Waals surface area contributed by atoms with E-state index in [2.05, 4.69) is 10.5 Å². The van der Waals surface area contributed by atoms with Crippen LogP contribution in [0.4, 0.5) is 18.9 Å². The van der Waals surface area contributed by atoms with Crippen LogP contribution in [0.25, 0.3) is 0 Å². The summed E-state index contributed by atoms with van der Waals surface area (Å²) in [6.07, 6.45) is -4.63. The van der Waals surface area contributed by atoms with Crippen molar-refractivity contribution >= 4 is 23.2 Å². The summed E-state index contributed by atoms with van der Waals surface area (Å²) in [5.41, 5.74) is -1.33. The fourth-order valence-corrected chi connectivity index (χ4v) is 1.60. The van der Waals surface area contributed by atoms with Crippen LogP contribution in [0, 0.1) is 4.91 Å². The number of halogens is 4. The van der Waals surface area contributed by atoms with Gasteiger partial charge in [-0.3, -0.25) is 4.79 Å². The zero-order valence-electron chi connectivity index (χ0n) is 9.55. The molecule has 0 aliphatic heterocycles. The molecule has 104 valence electrons. The Kier molecular flexibility index (Phi) is 4.71. The van der Waals surface area contributed by atoms with Crippen LogP contribution in [0.1, 0.15) is 5.56 Å². The summed E-state index contributed by atoms with van der Waals surface area (Å²) in [7, 11) is 1.18. The van der Waals surface area contributed by atoms with Crippen LogP contribution in [0.2, 0.25) is 5.02 Å². The van der Waals surface area contributed by atoms with Crippen LogP contribution in [0.5, 0.6) is 5.75 Å². The molecule has 19 heavy (non-hydrogen) atoms. The van der Waals surface area contributed by atoms with Crippen molar-refractivity contribution in [2.24, 2.45) is 5.18 Å². The number of methoxy groups -OCH3 is 1. The molecule has 0 aromatic heterocycles. The van der Waals surface area contributed by atoms with Crippen molar-refractivity contribution in [3.63, 3.8) is 0 Å². The summed E-state index contributed by atoms with van der Waals surface area (Å²) in [6.45, 7) is -0.725. The Balaban J connectivity index is 3.22. The molecule has 0 atom stereocenters. The molecule has 1 rings (SSSR count). The van der Waals surface area contributed by atoms with E-state index >= 15 is 0 Å². The summed E-state index contributed by atoms with van der Waals surface area (Å²) in [5.74, 6) is -1.00. The number of rotatable bonds is 4. The normalized spacial score (nSPS) is 11.0. The highest BCUT2D eigenvalue weighted by molar-refractivity contribution is 6.32. The minimum Gasteiger partial charge on any atom is -0.493 e. The van der Waals surface area contributed by atoms with E-state index in [1.54, 1.807) is 0 Å². The summed E-state index contributed by atoms with van der Waals surface area (Å²) in [5, 5.41) is 4.08. The molecule has 0 saturated heterocycles. The fraction of sp³-hybridized carbons (Fsp3) is 0.300. The Hall–Kier alpha value is -1.83. The summed E-state index contributed by atoms with van der Waals surface area (Å²) >= 11 is 5.64. The monoisotopic (exact) mass is 296 g/mol. The van der Waals surface area contributed by atoms with Crippen molar-refractivity contribution in [2.75, 3.05) is 19.0 Å². The van der Waals surface area contributed by atoms with Crippen molar-refractivity contribution in [2.45, 2.75) is 6.18 Å². The lowest BCUT2D eigenvalue weighted by Crippen LogP contribution is -2.16. The first-order valence-electron chi connectivity index (χ1n) is 4.83. The summed E-state index contributed by atoms with van der Waals surface area (Å²) in [6, 6.07) is 1.33. The van der Waals surface area contributed by atoms with Crippen LogP contribution in [0.15, 0.2) is 17.3 Å². The van der Waals surface area contributed by atoms with E-state index in [9.17, 15) is 22.9 Å². The molecule has 9 heteroatoms. The lowest BCUT2D eigenvalue weighted by molar-refractivity contribution is -0.137. The van der Waals surface area contributed by atoms with Gasteiger partial charge >= 0.3 is 6.18 Å². The highest BCUT2D eigenvalue weighted by Crippen LogP contribution is 2.40. The maximum absolute atomic E-state index is 12.6. The molecule has 0 aliphatic rings. The van der Waals surface area contributed by atoms with Gasteiger partial charge < -0.3 is 10.1 Å². The molecule has 0 unspecified atom stereocenters. The number of benzene rings is 1. The Morgan fingerprint density at radius 3 is 2.58 bits per heavy atom. The Morgan fingerprint density at radius 2 is 2.11 bits per heavy atom. The number of amides is 1. The number of alkyl halides is 3. The van der Waals surface area contributed by atoms with Gasteiger partial charge in [-0.25, -0.2) is 0 Å². The molecule has 1 N–H and O–H groups in total. The van der Waals surface area contributed by atoms with Gasteiger partial charge in [0.15, 0.2) is 12.3 Å². The fourth-order valence-electron chi connectivity index (χ4n) is 1.31. The van der Waals surface area contributed by atoms with Gasteiger partial charge in [0.05, 0.1) is 23.4 Å². The number of hydrogen-bond donors (Lipinski definition) is 1. The maximum atomic E-state index is 12.6. The van der Waals surface area contributed by atoms with Crippen molar-refractivity contribution in [3.05, 3.63) is 27.6 Å². The molecular weight excluding hydrogens is 289 g/mol. The van der Waals surface area contributed by atoms with Gasteiger partial charge in [-0.2, -0.15) is 18.1 Å². The molecular formula is C10H8ClF3N2O3. The van der Waals surface area contributed by atoms with Crippen molar-refractivity contribution < 1.29 is 22.7 Å². The minimum atomic E-state index is -4.63. The van der Waals surface area contributed by atoms with Crippen molar-refractivity contribution in [1.82, 2.24) is 0 Å². The van der Waals surface area contributed by atoms with Crippen LogP contribution in [0.3, 0.4) is 0 Å². The van der Waals surface area contributed by atoms with E-state index in [0.717, 1.165) is 0 Å². The standard InChI is InChI=1S/C10H8ClF3N2O3/c1-19-9-6(11)2-5(10(12,13)14)3-7(9)16-8(17)4-15-18/h2-3H,4H2,1H3,(H,16,17). The van der Waals surface area contributed by atoms with E-state index in [1.165, 1.54) is 7.11 Å². The molecule has 0 heterocycles. The number of ether oxygens (including phenoxy) is 1. The van der Waals surface area contributed by atoms with Gasteiger partial charge in [0.2, 0.25) is 5.91 Å². The second kappa shape index (κ2) is 5.87. The predicted octanol–water partition coefficient (Wildman–Crippen LogP) is 3.07. The van der Waals surface area contributed by atoms with Gasteiger partial charge in [0.25, 0.3) is 0 Å². The third-order valence-electron chi connectivity index (χ3n) is 2.06. The van der Waals surface area contributed by atoms with Crippen LogP contribution >= 0.6 is 11.6 Å². The number of nitrogens with zero attached hydrogens (tertiary/aromatic N) is 1. The number of anilines is 1. The van der Waals surface area contributed by atoms with E-state index in [4.69, 9.17) is 16.3 Å². The average Bonchev–Trinajstić information content (AvgIpc) is 2.27. The zero-order valence-corrected chi connectivity index (χ0v) is 10.3. The lowest BCUT2D eigenvalue weighted by atomic mass is 10.1. The Morgan fingerprint density at radius 1 is 1.47 bits per heavy atom. The van der Waals surface area contributed by atoms with Crippen molar-refractivity contribution in [3.8, 4) is 5.75 Å². The molecule has 1 aromatic rings. The zero-order chi connectivity index (χ0) is 14.6.